The molecular formula is C19H28ClN3O2. The summed E-state index contributed by atoms with van der Waals surface area (Å²) in [6, 6.07) is 5.19. The maximum atomic E-state index is 11.9. The van der Waals surface area contributed by atoms with Gasteiger partial charge in [0, 0.05) is 23.8 Å². The molecule has 1 fully saturated rings. The molecule has 5 nitrogen and oxygen atoms in total. The number of aryl methyl sites for hydroxylation is 1. The topological polar surface area (TPSA) is 61.4 Å². The first kappa shape index (κ1) is 19.7. The van der Waals surface area contributed by atoms with Crippen LogP contribution in [0.4, 0.5) is 5.69 Å². The second-order valence-electron chi connectivity index (χ2n) is 6.92. The number of hydrogen-bond donors (Lipinski definition) is 2. The zero-order valence-electron chi connectivity index (χ0n) is 15.1. The minimum absolute atomic E-state index is 0.518. The molecule has 2 N–H and O–H groups in total. The number of carbonyl (C=O) groups is 2. The lowest BCUT2D eigenvalue weighted by Crippen LogP contribution is -2.37. The van der Waals surface area contributed by atoms with Gasteiger partial charge in [0.1, 0.15) is 0 Å². The summed E-state index contributed by atoms with van der Waals surface area (Å²) in [5.74, 6) is -0.478. The van der Waals surface area contributed by atoms with Gasteiger partial charge in [0.25, 0.3) is 0 Å². The van der Waals surface area contributed by atoms with Crippen LogP contribution in [0.5, 0.6) is 0 Å². The van der Waals surface area contributed by atoms with Crippen LogP contribution in [0.15, 0.2) is 18.2 Å². The third kappa shape index (κ3) is 6.67. The van der Waals surface area contributed by atoms with Crippen LogP contribution < -0.4 is 10.6 Å². The number of unbranched alkanes of at least 4 members (excludes halogenated alkanes) is 1. The van der Waals surface area contributed by atoms with Crippen molar-refractivity contribution in [3.05, 3.63) is 28.8 Å². The number of nitrogens with zero attached hydrogens (tertiary/aromatic N) is 1. The van der Waals surface area contributed by atoms with E-state index in [9.17, 15) is 9.59 Å². The van der Waals surface area contributed by atoms with Crippen molar-refractivity contribution in [2.75, 3.05) is 31.5 Å². The number of anilines is 1. The van der Waals surface area contributed by atoms with E-state index in [0.29, 0.717) is 17.3 Å². The Balaban J connectivity index is 1.64. The Labute approximate surface area is 155 Å². The average Bonchev–Trinajstić information content (AvgIpc) is 2.57. The molecule has 1 aliphatic rings. The minimum Gasteiger partial charge on any atom is -0.348 e. The van der Waals surface area contributed by atoms with Gasteiger partial charge in [0.2, 0.25) is 0 Å². The molecule has 1 aromatic carbocycles. The molecule has 0 aromatic heterocycles. The molecule has 1 heterocycles. The Kier molecular flexibility index (Phi) is 7.72. The third-order valence-corrected chi connectivity index (χ3v) is 4.82. The van der Waals surface area contributed by atoms with E-state index >= 15 is 0 Å². The van der Waals surface area contributed by atoms with E-state index in [0.717, 1.165) is 30.9 Å². The highest BCUT2D eigenvalue weighted by Crippen LogP contribution is 2.20. The van der Waals surface area contributed by atoms with Crippen LogP contribution >= 0.6 is 11.6 Å². The van der Waals surface area contributed by atoms with E-state index in [-0.39, 0.29) is 0 Å². The van der Waals surface area contributed by atoms with Crippen LogP contribution in [0.2, 0.25) is 5.02 Å². The predicted molar refractivity (Wildman–Crippen MR) is 102 cm³/mol. The molecule has 2 amide bonds. The van der Waals surface area contributed by atoms with Crippen LogP contribution in [0.3, 0.4) is 0 Å². The third-order valence-electron chi connectivity index (χ3n) is 4.58. The molecule has 1 unspecified atom stereocenters. The van der Waals surface area contributed by atoms with E-state index in [1.165, 1.54) is 25.9 Å². The minimum atomic E-state index is -0.657. The van der Waals surface area contributed by atoms with Crippen LogP contribution in [0, 0.1) is 12.8 Å². The van der Waals surface area contributed by atoms with E-state index in [1.54, 1.807) is 18.2 Å². The Hall–Kier alpha value is -1.59. The van der Waals surface area contributed by atoms with Gasteiger partial charge in [0.15, 0.2) is 0 Å². The Morgan fingerprint density at radius 3 is 2.84 bits per heavy atom. The molecule has 0 aliphatic carbocycles. The smallest absolute Gasteiger partial charge is 0.313 e. The SMILES string of the molecule is Cc1ccc(Cl)cc1NC(=O)C(=O)NCCCCN1CCCC(C)C1. The fourth-order valence-corrected chi connectivity index (χ4v) is 3.31. The van der Waals surface area contributed by atoms with Crippen LogP contribution in [0.25, 0.3) is 0 Å². The Morgan fingerprint density at radius 1 is 1.28 bits per heavy atom. The summed E-state index contributed by atoms with van der Waals surface area (Å²) in [6.45, 7) is 8.09. The number of benzene rings is 1. The zero-order chi connectivity index (χ0) is 18.2. The van der Waals surface area contributed by atoms with Crippen molar-refractivity contribution >= 4 is 29.1 Å². The first-order valence-electron chi connectivity index (χ1n) is 9.03. The second kappa shape index (κ2) is 9.78. The highest BCUT2D eigenvalue weighted by molar-refractivity contribution is 6.40. The van der Waals surface area contributed by atoms with Crippen molar-refractivity contribution in [2.24, 2.45) is 5.92 Å². The standard InChI is InChI=1S/C19H28ClN3O2/c1-14-6-5-11-23(13-14)10-4-3-9-21-18(24)19(25)22-17-12-16(20)8-7-15(17)2/h7-8,12,14H,3-6,9-11,13H2,1-2H3,(H,21,24)(H,22,25). The number of likely N-dealkylation sites (tertiary alicyclic amines) is 1. The van der Waals surface area contributed by atoms with Gasteiger partial charge >= 0.3 is 11.8 Å². The summed E-state index contributed by atoms with van der Waals surface area (Å²) in [4.78, 5) is 26.3. The predicted octanol–water partition coefficient (Wildman–Crippen LogP) is 3.22. The summed E-state index contributed by atoms with van der Waals surface area (Å²) in [5, 5.41) is 5.81. The average molecular weight is 366 g/mol. The summed E-state index contributed by atoms with van der Waals surface area (Å²) < 4.78 is 0. The molecule has 2 rings (SSSR count). The zero-order valence-corrected chi connectivity index (χ0v) is 15.9. The molecule has 0 radical (unpaired) electrons. The van der Waals surface area contributed by atoms with Gasteiger partial charge in [-0.3, -0.25) is 9.59 Å². The molecule has 1 aliphatic heterocycles. The highest BCUT2D eigenvalue weighted by Gasteiger charge is 2.16. The van der Waals surface area contributed by atoms with Gasteiger partial charge < -0.3 is 15.5 Å². The van der Waals surface area contributed by atoms with Gasteiger partial charge in [-0.2, -0.15) is 0 Å². The lowest BCUT2D eigenvalue weighted by molar-refractivity contribution is -0.136. The molecule has 0 bridgehead atoms. The maximum absolute atomic E-state index is 11.9. The first-order chi connectivity index (χ1) is 12.0. The molecule has 6 heteroatoms. The fraction of sp³-hybridized carbons (Fsp3) is 0.579. The summed E-state index contributed by atoms with van der Waals surface area (Å²) in [6.07, 6.45) is 4.51. The van der Waals surface area contributed by atoms with Gasteiger partial charge in [-0.05, 0) is 69.3 Å². The number of carbonyl (C=O) groups excluding carboxylic acids is 2. The van der Waals surface area contributed by atoms with Gasteiger partial charge in [-0.15, -0.1) is 0 Å². The van der Waals surface area contributed by atoms with Crippen molar-refractivity contribution in [2.45, 2.75) is 39.5 Å². The monoisotopic (exact) mass is 365 g/mol. The molecule has 1 atom stereocenters. The van der Waals surface area contributed by atoms with Gasteiger partial charge in [-0.1, -0.05) is 24.6 Å². The molecule has 1 aromatic rings. The van der Waals surface area contributed by atoms with Crippen molar-refractivity contribution in [3.63, 3.8) is 0 Å². The maximum Gasteiger partial charge on any atom is 0.313 e. The Morgan fingerprint density at radius 2 is 2.08 bits per heavy atom. The van der Waals surface area contributed by atoms with Crippen LogP contribution in [-0.2, 0) is 9.59 Å². The van der Waals surface area contributed by atoms with E-state index in [1.807, 2.05) is 6.92 Å². The normalized spacial score (nSPS) is 18.0. The summed E-state index contributed by atoms with van der Waals surface area (Å²) in [5.41, 5.74) is 1.42. The molecule has 0 saturated carbocycles. The fourth-order valence-electron chi connectivity index (χ4n) is 3.14. The number of rotatable bonds is 6. The number of piperidine rings is 1. The Bertz CT molecular complexity index is 606. The number of halogens is 1. The van der Waals surface area contributed by atoms with E-state index in [2.05, 4.69) is 22.5 Å². The van der Waals surface area contributed by atoms with Crippen molar-refractivity contribution < 1.29 is 9.59 Å². The van der Waals surface area contributed by atoms with Crippen molar-refractivity contribution in [3.8, 4) is 0 Å². The number of nitrogens with one attached hydrogen (secondary N) is 2. The lowest BCUT2D eigenvalue weighted by Gasteiger charge is -2.30. The molecule has 138 valence electrons. The summed E-state index contributed by atoms with van der Waals surface area (Å²) in [7, 11) is 0. The first-order valence-corrected chi connectivity index (χ1v) is 9.41. The second-order valence-corrected chi connectivity index (χ2v) is 7.36. The van der Waals surface area contributed by atoms with Crippen LogP contribution in [-0.4, -0.2) is 42.9 Å². The number of hydrogen-bond acceptors (Lipinski definition) is 3. The highest BCUT2D eigenvalue weighted by atomic mass is 35.5. The van der Waals surface area contributed by atoms with Crippen LogP contribution in [0.1, 0.15) is 38.2 Å². The van der Waals surface area contributed by atoms with Crippen molar-refractivity contribution in [1.82, 2.24) is 10.2 Å². The lowest BCUT2D eigenvalue weighted by atomic mass is 10.0. The van der Waals surface area contributed by atoms with E-state index in [4.69, 9.17) is 11.6 Å². The largest absolute Gasteiger partial charge is 0.348 e. The van der Waals surface area contributed by atoms with Gasteiger partial charge in [0.05, 0.1) is 0 Å². The van der Waals surface area contributed by atoms with Crippen molar-refractivity contribution in [1.29, 1.82) is 0 Å². The summed E-state index contributed by atoms with van der Waals surface area (Å²) >= 11 is 5.92. The molecule has 0 spiro atoms. The molecular weight excluding hydrogens is 338 g/mol. The quantitative estimate of drug-likeness (QED) is 0.601. The molecule has 1 saturated heterocycles. The van der Waals surface area contributed by atoms with E-state index < -0.39 is 11.8 Å². The number of amides is 2. The van der Waals surface area contributed by atoms with Gasteiger partial charge in [-0.25, -0.2) is 0 Å². The molecule has 25 heavy (non-hydrogen) atoms.